The third-order valence-corrected chi connectivity index (χ3v) is 13.1. The largest absolute Gasteiger partial charge is 0.471 e. The minimum Gasteiger partial charge on any atom is -0.471 e. The number of hydrogen-bond donors (Lipinski definition) is 3. The fourth-order valence-corrected chi connectivity index (χ4v) is 8.46. The van der Waals surface area contributed by atoms with E-state index in [1.54, 1.807) is 19.9 Å². The van der Waals surface area contributed by atoms with Crippen molar-refractivity contribution in [3.8, 4) is 5.88 Å². The second kappa shape index (κ2) is 14.4. The van der Waals surface area contributed by atoms with Gasteiger partial charge >= 0.3 is 0 Å². The average Bonchev–Trinajstić information content (AvgIpc) is 3.91. The maximum absolute atomic E-state index is 14.7. The van der Waals surface area contributed by atoms with Crippen LogP contribution in [-0.2, 0) is 30.8 Å². The third-order valence-electron chi connectivity index (χ3n) is 11.0. The van der Waals surface area contributed by atoms with Crippen molar-refractivity contribution in [2.24, 2.45) is 5.92 Å². The van der Waals surface area contributed by atoms with Crippen molar-refractivity contribution in [1.82, 2.24) is 35.4 Å². The van der Waals surface area contributed by atoms with Crippen molar-refractivity contribution in [3.05, 3.63) is 59.4 Å². The minimum atomic E-state index is -4.02. The van der Waals surface area contributed by atoms with Crippen LogP contribution in [0, 0.1) is 18.7 Å². The second-order valence-electron chi connectivity index (χ2n) is 15.0. The van der Waals surface area contributed by atoms with E-state index in [1.165, 1.54) is 23.1 Å². The summed E-state index contributed by atoms with van der Waals surface area (Å²) in [5, 5.41) is 9.48. The quantitative estimate of drug-likeness (QED) is 0.284. The van der Waals surface area contributed by atoms with Gasteiger partial charge in [0.1, 0.15) is 40.7 Å². The molecule has 7 rings (SSSR count). The first kappa shape index (κ1) is 37.4. The lowest BCUT2D eigenvalue weighted by molar-refractivity contribution is -0.141. The summed E-state index contributed by atoms with van der Waals surface area (Å²) in [7, 11) is -4.02. The smallest absolute Gasteiger partial charge is 0.274 e. The molecule has 4 aliphatic rings. The fraction of sp³-hybridized carbons (Fsp3) is 0.541. The highest BCUT2D eigenvalue weighted by molar-refractivity contribution is 7.91. The van der Waals surface area contributed by atoms with Crippen molar-refractivity contribution in [2.45, 2.75) is 113 Å². The summed E-state index contributed by atoms with van der Waals surface area (Å²) in [5.41, 5.74) is -0.851. The molecular weight excluding hydrogens is 722 g/mol. The molecule has 0 radical (unpaired) electrons. The number of amides is 4. The van der Waals surface area contributed by atoms with Crippen molar-refractivity contribution >= 4 is 44.7 Å². The van der Waals surface area contributed by atoms with Gasteiger partial charge in [-0.3, -0.25) is 23.9 Å². The normalized spacial score (nSPS) is 27.4. The number of fused-ring (bicyclic) bond motifs is 3. The molecule has 4 amide bonds. The first-order valence-corrected chi connectivity index (χ1v) is 19.9. The molecule has 54 heavy (non-hydrogen) atoms. The van der Waals surface area contributed by atoms with Crippen molar-refractivity contribution in [2.75, 3.05) is 6.54 Å². The summed E-state index contributed by atoms with van der Waals surface area (Å²) in [6, 6.07) is 3.66. The molecular formula is C37H44FN7O8S. The number of sulfonamides is 1. The van der Waals surface area contributed by atoms with Gasteiger partial charge in [-0.1, -0.05) is 43.1 Å². The van der Waals surface area contributed by atoms with Crippen LogP contribution in [0.3, 0.4) is 0 Å². The molecule has 3 aromatic rings. The standard InChI is InChI=1S/C37H44FN7O8S/c1-4-23-17-28(43-53-23)31(46)40-27-13-9-7-5-6-8-11-22-19-37(22,35(49)44-54(50,51)36(3)15-16-36)42-32(47)29-18-24(20-45(29)34(27)48)52-33-21(2)39-26-14-10-12-25(38)30(26)41-33/h8,10-12,14,17,22,24,27,29H,4-7,9,13,15-16,18-20H2,1-3H3,(H,40,46)(H,42,47)(H,44,49)/b11-8-/t22-,24-,27+,29+,37-/m1/s1. The molecule has 288 valence electrons. The maximum atomic E-state index is 14.7. The zero-order valence-corrected chi connectivity index (χ0v) is 31.2. The molecule has 17 heteroatoms. The Morgan fingerprint density at radius 1 is 1.17 bits per heavy atom. The molecule has 2 aromatic heterocycles. The van der Waals surface area contributed by atoms with Crippen LogP contribution >= 0.6 is 0 Å². The number of rotatable bonds is 8. The summed E-state index contributed by atoms with van der Waals surface area (Å²) in [5.74, 6) is -3.23. The Hall–Kier alpha value is -4.93. The maximum Gasteiger partial charge on any atom is 0.274 e. The highest BCUT2D eigenvalue weighted by atomic mass is 32.2. The number of benzene rings is 1. The minimum absolute atomic E-state index is 0.00239. The number of carbonyl (C=O) groups excluding carboxylic acids is 4. The van der Waals surface area contributed by atoms with Crippen molar-refractivity contribution < 1.29 is 41.2 Å². The zero-order valence-electron chi connectivity index (χ0n) is 30.4. The Kier molecular flexibility index (Phi) is 9.95. The van der Waals surface area contributed by atoms with Gasteiger partial charge in [0.15, 0.2) is 11.5 Å². The topological polar surface area (TPSA) is 203 Å². The Morgan fingerprint density at radius 2 is 1.96 bits per heavy atom. The van der Waals surface area contributed by atoms with Gasteiger partial charge in [0, 0.05) is 24.8 Å². The number of allylic oxidation sites excluding steroid dienone is 1. The van der Waals surface area contributed by atoms with Crippen LogP contribution in [0.1, 0.15) is 93.6 Å². The van der Waals surface area contributed by atoms with Crippen LogP contribution in [0.25, 0.3) is 11.0 Å². The molecule has 0 spiro atoms. The highest BCUT2D eigenvalue weighted by Crippen LogP contribution is 2.47. The number of aromatic nitrogens is 3. The molecule has 2 aliphatic carbocycles. The summed E-state index contributed by atoms with van der Waals surface area (Å²) >= 11 is 0. The van der Waals surface area contributed by atoms with Crippen LogP contribution in [0.5, 0.6) is 5.88 Å². The van der Waals surface area contributed by atoms with E-state index in [1.807, 2.05) is 19.1 Å². The van der Waals surface area contributed by atoms with Crippen LogP contribution in [0.4, 0.5) is 4.39 Å². The Morgan fingerprint density at radius 3 is 2.70 bits per heavy atom. The van der Waals surface area contributed by atoms with Gasteiger partial charge < -0.3 is 24.8 Å². The molecule has 0 unspecified atom stereocenters. The van der Waals surface area contributed by atoms with E-state index in [0.29, 0.717) is 49.1 Å². The van der Waals surface area contributed by atoms with Gasteiger partial charge in [0.25, 0.3) is 11.8 Å². The molecule has 5 atom stereocenters. The monoisotopic (exact) mass is 765 g/mol. The predicted molar refractivity (Wildman–Crippen MR) is 192 cm³/mol. The number of halogens is 1. The van der Waals surface area contributed by atoms with Gasteiger partial charge in [-0.25, -0.2) is 22.8 Å². The van der Waals surface area contributed by atoms with Crippen LogP contribution < -0.4 is 20.1 Å². The van der Waals surface area contributed by atoms with E-state index in [2.05, 4.69) is 30.5 Å². The van der Waals surface area contributed by atoms with E-state index in [0.717, 1.165) is 12.8 Å². The fourth-order valence-electron chi connectivity index (χ4n) is 7.15. The zero-order chi connectivity index (χ0) is 38.4. The summed E-state index contributed by atoms with van der Waals surface area (Å²) < 4.78 is 53.5. The number of hydrogen-bond acceptors (Lipinski definition) is 11. The van der Waals surface area contributed by atoms with Crippen molar-refractivity contribution in [3.63, 3.8) is 0 Å². The molecule has 3 N–H and O–H groups in total. The SMILES string of the molecule is CCc1cc(C(=O)N[C@H]2CCCCC/C=C\[C@@H]3C[C@@]3(C(=O)NS(=O)(=O)C3(C)CC3)NC(=O)[C@@H]3C[C@@H](Oc4nc5c(F)cccc5nc4C)CN3C2=O)no1. The first-order chi connectivity index (χ1) is 25.7. The van der Waals surface area contributed by atoms with Gasteiger partial charge in [-0.15, -0.1) is 0 Å². The third kappa shape index (κ3) is 7.29. The molecule has 2 aliphatic heterocycles. The van der Waals surface area contributed by atoms with Gasteiger partial charge in [0.05, 0.1) is 16.8 Å². The van der Waals surface area contributed by atoms with Gasteiger partial charge in [0.2, 0.25) is 27.7 Å². The van der Waals surface area contributed by atoms with Gasteiger partial charge in [-0.2, -0.15) is 0 Å². The highest BCUT2D eigenvalue weighted by Gasteiger charge is 2.63. The Labute approximate surface area is 311 Å². The van der Waals surface area contributed by atoms with E-state index >= 15 is 0 Å². The molecule has 15 nitrogen and oxygen atoms in total. The summed E-state index contributed by atoms with van der Waals surface area (Å²) in [6.07, 6.45) is 7.40. The lowest BCUT2D eigenvalue weighted by Crippen LogP contribution is -2.58. The molecule has 3 fully saturated rings. The molecule has 4 heterocycles. The van der Waals surface area contributed by atoms with Gasteiger partial charge in [-0.05, 0) is 64.5 Å². The average molecular weight is 766 g/mol. The lowest BCUT2D eigenvalue weighted by atomic mass is 10.0. The molecule has 1 saturated heterocycles. The molecule has 0 bridgehead atoms. The van der Waals surface area contributed by atoms with E-state index in [9.17, 15) is 32.0 Å². The summed E-state index contributed by atoms with van der Waals surface area (Å²) in [6.45, 7) is 4.96. The van der Waals surface area contributed by atoms with Crippen molar-refractivity contribution in [1.29, 1.82) is 0 Å². The predicted octanol–water partition coefficient (Wildman–Crippen LogP) is 3.17. The Bertz CT molecular complexity index is 2140. The van der Waals surface area contributed by atoms with Crippen LogP contribution in [0.2, 0.25) is 0 Å². The molecule has 1 aromatic carbocycles. The number of nitrogens with one attached hydrogen (secondary N) is 3. The first-order valence-electron chi connectivity index (χ1n) is 18.5. The number of para-hydroxylation sites is 1. The number of carbonyl (C=O) groups is 4. The number of aryl methyl sites for hydroxylation is 2. The van der Waals surface area contributed by atoms with Crippen LogP contribution in [-0.4, -0.2) is 87.1 Å². The molecule has 2 saturated carbocycles. The number of ether oxygens (including phenoxy) is 1. The number of nitrogens with zero attached hydrogens (tertiary/aromatic N) is 4. The summed E-state index contributed by atoms with van der Waals surface area (Å²) in [4.78, 5) is 66.1. The second-order valence-corrected chi connectivity index (χ2v) is 17.2. The lowest BCUT2D eigenvalue weighted by Gasteiger charge is -2.30. The van der Waals surface area contributed by atoms with E-state index in [4.69, 9.17) is 9.26 Å². The van der Waals surface area contributed by atoms with E-state index < -0.39 is 73.9 Å². The van der Waals surface area contributed by atoms with E-state index in [-0.39, 0.29) is 42.9 Å². The van der Waals surface area contributed by atoms with Crippen LogP contribution in [0.15, 0.2) is 40.9 Å². The Balaban J connectivity index is 1.20.